The highest BCUT2D eigenvalue weighted by Crippen LogP contribution is 2.41. The van der Waals surface area contributed by atoms with E-state index >= 15 is 0 Å². The Balaban J connectivity index is 1.55. The Kier molecular flexibility index (Phi) is 9.19. The summed E-state index contributed by atoms with van der Waals surface area (Å²) in [5, 5.41) is 13.9. The molecule has 0 aromatic heterocycles. The minimum atomic E-state index is -1.18. The Hall–Kier alpha value is -3.30. The highest BCUT2D eigenvalue weighted by molar-refractivity contribution is 5.98. The molecule has 2 heterocycles. The second kappa shape index (κ2) is 12.3. The number of carbonyl (C=O) groups is 3. The fourth-order valence-electron chi connectivity index (χ4n) is 6.15. The molecule has 0 aliphatic carbocycles. The molecular formula is C32H43FN4O4. The van der Waals surface area contributed by atoms with Gasteiger partial charge >= 0.3 is 0 Å². The normalized spacial score (nSPS) is 23.8. The molecule has 0 saturated carbocycles. The standard InChI is InChI=1S/C32H43FN4O4/c1-18(2)28(31(40)37-26(12-13-27(37)32(5,6)41)22-8-7-9-25(33)17-22)34-29(38)23-11-10-21(19(3)14-23)16-24-15-20(4)35-36-30(24)39/h7-11,14,17-18,20,24,26-28,35,41H,12-13,15-16H2,1-6H3,(H,34,38)(H,36,39)/t20?,24?,26-,27+,28+/m0/s1. The molecule has 5 atom stereocenters. The Morgan fingerprint density at radius 2 is 1.90 bits per heavy atom. The van der Waals surface area contributed by atoms with E-state index in [-0.39, 0.29) is 41.4 Å². The summed E-state index contributed by atoms with van der Waals surface area (Å²) in [6, 6.07) is 10.0. The van der Waals surface area contributed by atoms with Crippen molar-refractivity contribution in [1.82, 2.24) is 21.1 Å². The van der Waals surface area contributed by atoms with Crippen LogP contribution in [-0.2, 0) is 16.0 Å². The topological polar surface area (TPSA) is 111 Å². The average Bonchev–Trinajstić information content (AvgIpc) is 3.36. The molecule has 0 radical (unpaired) electrons. The van der Waals surface area contributed by atoms with Gasteiger partial charge in [-0.3, -0.25) is 19.8 Å². The molecule has 2 aliphatic heterocycles. The van der Waals surface area contributed by atoms with Gasteiger partial charge in [0.15, 0.2) is 0 Å². The lowest BCUT2D eigenvalue weighted by molar-refractivity contribution is -0.142. The molecule has 2 aromatic carbocycles. The molecular weight excluding hydrogens is 523 g/mol. The highest BCUT2D eigenvalue weighted by Gasteiger charge is 2.47. The minimum Gasteiger partial charge on any atom is -0.388 e. The van der Waals surface area contributed by atoms with Crippen LogP contribution in [0.5, 0.6) is 0 Å². The number of rotatable bonds is 8. The Morgan fingerprint density at radius 1 is 1.17 bits per heavy atom. The van der Waals surface area contributed by atoms with Crippen LogP contribution in [0.4, 0.5) is 4.39 Å². The van der Waals surface area contributed by atoms with Crippen molar-refractivity contribution in [3.05, 3.63) is 70.5 Å². The van der Waals surface area contributed by atoms with Crippen molar-refractivity contribution in [3.63, 3.8) is 0 Å². The molecule has 2 saturated heterocycles. The van der Waals surface area contributed by atoms with E-state index in [1.54, 1.807) is 43.0 Å². The van der Waals surface area contributed by atoms with Crippen molar-refractivity contribution < 1.29 is 23.9 Å². The SMILES string of the molecule is Cc1cc(C(=O)N[C@@H](C(=O)N2[C@H](c3cccc(F)c3)CC[C@@H]2C(C)(C)O)C(C)C)ccc1CC1CC(C)NNC1=O. The number of halogens is 1. The van der Waals surface area contributed by atoms with Gasteiger partial charge in [0.05, 0.1) is 17.7 Å². The summed E-state index contributed by atoms with van der Waals surface area (Å²) in [6.07, 6.45) is 2.44. The number of nitrogens with one attached hydrogen (secondary N) is 3. The molecule has 0 spiro atoms. The lowest BCUT2D eigenvalue weighted by atomic mass is 9.89. The number of carbonyl (C=O) groups excluding carboxylic acids is 3. The predicted molar refractivity (Wildman–Crippen MR) is 155 cm³/mol. The van der Waals surface area contributed by atoms with Crippen molar-refractivity contribution in [2.45, 2.75) is 97.0 Å². The summed E-state index contributed by atoms with van der Waals surface area (Å²) >= 11 is 0. The van der Waals surface area contributed by atoms with E-state index in [9.17, 15) is 23.9 Å². The number of nitrogens with zero attached hydrogens (tertiary/aromatic N) is 1. The fraction of sp³-hybridized carbons (Fsp3) is 0.531. The van der Waals surface area contributed by atoms with Crippen molar-refractivity contribution in [1.29, 1.82) is 0 Å². The van der Waals surface area contributed by atoms with Crippen molar-refractivity contribution in [2.75, 3.05) is 0 Å². The van der Waals surface area contributed by atoms with Crippen LogP contribution in [0.15, 0.2) is 42.5 Å². The van der Waals surface area contributed by atoms with Gasteiger partial charge < -0.3 is 15.3 Å². The number of hydrogen-bond acceptors (Lipinski definition) is 5. The summed E-state index contributed by atoms with van der Waals surface area (Å²) < 4.78 is 14.1. The largest absolute Gasteiger partial charge is 0.388 e. The first-order chi connectivity index (χ1) is 19.3. The minimum absolute atomic E-state index is 0.0366. The summed E-state index contributed by atoms with van der Waals surface area (Å²) in [5.41, 5.74) is 7.48. The average molecular weight is 567 g/mol. The molecule has 2 unspecified atom stereocenters. The van der Waals surface area contributed by atoms with Crippen LogP contribution in [0.25, 0.3) is 0 Å². The molecule has 9 heteroatoms. The quantitative estimate of drug-likeness (QED) is 0.387. The van der Waals surface area contributed by atoms with Gasteiger partial charge in [-0.05, 0) is 100 Å². The molecule has 2 fully saturated rings. The van der Waals surface area contributed by atoms with Gasteiger partial charge in [0.25, 0.3) is 5.91 Å². The van der Waals surface area contributed by atoms with E-state index in [1.807, 2.05) is 33.8 Å². The number of hydrazine groups is 1. The van der Waals surface area contributed by atoms with Crippen LogP contribution >= 0.6 is 0 Å². The highest BCUT2D eigenvalue weighted by atomic mass is 19.1. The summed E-state index contributed by atoms with van der Waals surface area (Å²) in [6.45, 7) is 11.0. The molecule has 0 bridgehead atoms. The van der Waals surface area contributed by atoms with Crippen molar-refractivity contribution in [2.24, 2.45) is 11.8 Å². The van der Waals surface area contributed by atoms with Crippen molar-refractivity contribution in [3.8, 4) is 0 Å². The molecule has 4 N–H and O–H groups in total. The zero-order chi connectivity index (χ0) is 30.1. The van der Waals surface area contributed by atoms with Gasteiger partial charge in [0.1, 0.15) is 11.9 Å². The van der Waals surface area contributed by atoms with Gasteiger partial charge in [-0.1, -0.05) is 32.0 Å². The third-order valence-electron chi connectivity index (χ3n) is 8.43. The van der Waals surface area contributed by atoms with Gasteiger partial charge in [-0.15, -0.1) is 0 Å². The van der Waals surface area contributed by atoms with E-state index in [4.69, 9.17) is 0 Å². The van der Waals surface area contributed by atoms with Crippen LogP contribution in [0, 0.1) is 24.6 Å². The predicted octanol–water partition coefficient (Wildman–Crippen LogP) is 3.96. The summed E-state index contributed by atoms with van der Waals surface area (Å²) in [5.74, 6) is -1.48. The second-order valence-corrected chi connectivity index (χ2v) is 12.6. The molecule has 3 amide bonds. The zero-order valence-corrected chi connectivity index (χ0v) is 24.8. The third kappa shape index (κ3) is 6.96. The number of benzene rings is 2. The lowest BCUT2D eigenvalue weighted by Gasteiger charge is -2.39. The van der Waals surface area contributed by atoms with E-state index in [0.29, 0.717) is 30.4 Å². The molecule has 41 heavy (non-hydrogen) atoms. The van der Waals surface area contributed by atoms with E-state index in [1.165, 1.54) is 12.1 Å². The number of likely N-dealkylation sites (tertiary alicyclic amines) is 1. The monoisotopic (exact) mass is 566 g/mol. The third-order valence-corrected chi connectivity index (χ3v) is 8.43. The smallest absolute Gasteiger partial charge is 0.251 e. The van der Waals surface area contributed by atoms with Crippen LogP contribution in [0.2, 0.25) is 0 Å². The molecule has 2 aliphatic rings. The maximum absolute atomic E-state index is 14.1. The summed E-state index contributed by atoms with van der Waals surface area (Å²) in [7, 11) is 0. The Labute approximate surface area is 242 Å². The maximum Gasteiger partial charge on any atom is 0.251 e. The number of aryl methyl sites for hydroxylation is 1. The van der Waals surface area contributed by atoms with Gasteiger partial charge in [-0.2, -0.15) is 0 Å². The molecule has 8 nitrogen and oxygen atoms in total. The van der Waals surface area contributed by atoms with Crippen LogP contribution < -0.4 is 16.2 Å². The van der Waals surface area contributed by atoms with Crippen LogP contribution in [0.1, 0.15) is 87.0 Å². The first-order valence-corrected chi connectivity index (χ1v) is 14.5. The van der Waals surface area contributed by atoms with Crippen LogP contribution in [-0.4, -0.2) is 51.5 Å². The van der Waals surface area contributed by atoms with Crippen LogP contribution in [0.3, 0.4) is 0 Å². The Bertz CT molecular complexity index is 1290. The fourth-order valence-corrected chi connectivity index (χ4v) is 6.15. The first kappa shape index (κ1) is 30.7. The molecule has 222 valence electrons. The lowest BCUT2D eigenvalue weighted by Crippen LogP contribution is -2.56. The van der Waals surface area contributed by atoms with Gasteiger partial charge in [0.2, 0.25) is 11.8 Å². The number of aliphatic hydroxyl groups is 1. The second-order valence-electron chi connectivity index (χ2n) is 12.6. The zero-order valence-electron chi connectivity index (χ0n) is 24.8. The van der Waals surface area contributed by atoms with E-state index in [0.717, 1.165) is 17.5 Å². The van der Waals surface area contributed by atoms with E-state index < -0.39 is 23.7 Å². The first-order valence-electron chi connectivity index (χ1n) is 14.5. The van der Waals surface area contributed by atoms with E-state index in [2.05, 4.69) is 16.2 Å². The number of hydrogen-bond donors (Lipinski definition) is 4. The molecule has 4 rings (SSSR count). The number of amides is 3. The summed E-state index contributed by atoms with van der Waals surface area (Å²) in [4.78, 5) is 41.5. The van der Waals surface area contributed by atoms with Gasteiger partial charge in [0, 0.05) is 17.5 Å². The van der Waals surface area contributed by atoms with Crippen molar-refractivity contribution >= 4 is 17.7 Å². The molecule has 2 aromatic rings. The Morgan fingerprint density at radius 3 is 2.54 bits per heavy atom. The maximum atomic E-state index is 14.1. The van der Waals surface area contributed by atoms with Gasteiger partial charge in [-0.25, -0.2) is 9.82 Å².